The van der Waals surface area contributed by atoms with Gasteiger partial charge in [0.2, 0.25) is 0 Å². The van der Waals surface area contributed by atoms with Crippen molar-refractivity contribution in [3.05, 3.63) is 0 Å². The monoisotopic (exact) mass is 329 g/mol. The summed E-state index contributed by atoms with van der Waals surface area (Å²) in [6.45, 7) is 12.8. The molecule has 1 aliphatic heterocycles. The first kappa shape index (κ1) is 20.2. The molecule has 0 aromatic rings. The third-order valence-corrected chi connectivity index (χ3v) is 3.72. The predicted octanol–water partition coefficient (Wildman–Crippen LogP) is 1.80. The molecule has 0 aromatic carbocycles. The molecule has 1 unspecified atom stereocenters. The number of nitrogens with zero attached hydrogens (tertiary/aromatic N) is 2. The molecule has 1 fully saturated rings. The molecule has 1 atom stereocenters. The van der Waals surface area contributed by atoms with Crippen LogP contribution in [0.3, 0.4) is 0 Å². The van der Waals surface area contributed by atoms with E-state index in [4.69, 9.17) is 9.47 Å². The van der Waals surface area contributed by atoms with Crippen molar-refractivity contribution < 1.29 is 14.3 Å². The first-order chi connectivity index (χ1) is 10.7. The van der Waals surface area contributed by atoms with Crippen LogP contribution in [0.2, 0.25) is 0 Å². The van der Waals surface area contributed by atoms with E-state index in [9.17, 15) is 4.79 Å². The fraction of sp³-hybridized carbons (Fsp3) is 0.941. The summed E-state index contributed by atoms with van der Waals surface area (Å²) in [6, 6.07) is 0.443. The van der Waals surface area contributed by atoms with Crippen molar-refractivity contribution in [1.29, 1.82) is 0 Å². The Bertz CT molecular complexity index is 349. The van der Waals surface area contributed by atoms with Crippen molar-refractivity contribution >= 4 is 6.09 Å². The Morgan fingerprint density at radius 1 is 1.30 bits per heavy atom. The second kappa shape index (κ2) is 9.45. The van der Waals surface area contributed by atoms with Crippen LogP contribution in [0.5, 0.6) is 0 Å². The van der Waals surface area contributed by atoms with Gasteiger partial charge in [-0.3, -0.25) is 0 Å². The van der Waals surface area contributed by atoms with Crippen molar-refractivity contribution in [3.8, 4) is 0 Å². The van der Waals surface area contributed by atoms with Crippen LogP contribution in [-0.2, 0) is 9.47 Å². The Morgan fingerprint density at radius 2 is 1.96 bits per heavy atom. The highest BCUT2D eigenvalue weighted by Gasteiger charge is 2.34. The molecule has 1 saturated heterocycles. The number of hydrogen-bond donors (Lipinski definition) is 1. The van der Waals surface area contributed by atoms with Crippen molar-refractivity contribution in [2.24, 2.45) is 5.92 Å². The minimum Gasteiger partial charge on any atom is -0.444 e. The zero-order chi connectivity index (χ0) is 17.5. The number of rotatable bonds is 9. The lowest BCUT2D eigenvalue weighted by Crippen LogP contribution is -2.53. The van der Waals surface area contributed by atoms with E-state index in [1.165, 1.54) is 0 Å². The Kier molecular flexibility index (Phi) is 8.29. The normalized spacial score (nSPS) is 17.3. The minimum absolute atomic E-state index is 0.191. The van der Waals surface area contributed by atoms with Crippen LogP contribution in [0.1, 0.15) is 34.1 Å². The van der Waals surface area contributed by atoms with Crippen LogP contribution in [0, 0.1) is 5.92 Å². The van der Waals surface area contributed by atoms with E-state index >= 15 is 0 Å². The summed E-state index contributed by atoms with van der Waals surface area (Å²) in [5.41, 5.74) is -0.413. The highest BCUT2D eigenvalue weighted by molar-refractivity contribution is 5.69. The molecule has 0 saturated carbocycles. The molecule has 1 heterocycles. The maximum atomic E-state index is 11.9. The van der Waals surface area contributed by atoms with Crippen LogP contribution in [0.25, 0.3) is 0 Å². The highest BCUT2D eigenvalue weighted by Crippen LogP contribution is 2.23. The molecule has 136 valence electrons. The van der Waals surface area contributed by atoms with Gasteiger partial charge in [0.15, 0.2) is 0 Å². The minimum atomic E-state index is -0.413. The van der Waals surface area contributed by atoms with E-state index in [0.29, 0.717) is 12.0 Å². The molecule has 1 aliphatic rings. The van der Waals surface area contributed by atoms with Crippen molar-refractivity contribution in [2.75, 3.05) is 53.5 Å². The lowest BCUT2D eigenvalue weighted by Gasteiger charge is -2.40. The third kappa shape index (κ3) is 9.13. The van der Waals surface area contributed by atoms with Gasteiger partial charge >= 0.3 is 6.09 Å². The van der Waals surface area contributed by atoms with Crippen LogP contribution in [0.15, 0.2) is 0 Å². The summed E-state index contributed by atoms with van der Waals surface area (Å²) >= 11 is 0. The van der Waals surface area contributed by atoms with Gasteiger partial charge in [0, 0.05) is 32.2 Å². The zero-order valence-corrected chi connectivity index (χ0v) is 15.7. The Labute approximate surface area is 141 Å². The molecular weight excluding hydrogens is 294 g/mol. The summed E-state index contributed by atoms with van der Waals surface area (Å²) in [5, 5.41) is 3.48. The number of likely N-dealkylation sites (N-methyl/N-ethyl adjacent to an activating group) is 1. The van der Waals surface area contributed by atoms with Crippen molar-refractivity contribution in [3.63, 3.8) is 0 Å². The molecule has 0 aromatic heterocycles. The summed E-state index contributed by atoms with van der Waals surface area (Å²) in [7, 11) is 4.09. The second-order valence-electron chi connectivity index (χ2n) is 7.76. The molecule has 0 aliphatic carbocycles. The Hall–Kier alpha value is -0.850. The van der Waals surface area contributed by atoms with Crippen molar-refractivity contribution in [1.82, 2.24) is 15.1 Å². The Balaban J connectivity index is 2.03. The lowest BCUT2D eigenvalue weighted by molar-refractivity contribution is -0.00338. The summed E-state index contributed by atoms with van der Waals surface area (Å²) in [4.78, 5) is 15.8. The van der Waals surface area contributed by atoms with Gasteiger partial charge in [0.1, 0.15) is 5.60 Å². The number of hydrogen-bond acceptors (Lipinski definition) is 5. The summed E-state index contributed by atoms with van der Waals surface area (Å²) in [6.07, 6.45) is 0.889. The number of carbonyl (C=O) groups is 1. The average molecular weight is 329 g/mol. The van der Waals surface area contributed by atoms with E-state index in [1.807, 2.05) is 34.9 Å². The van der Waals surface area contributed by atoms with Gasteiger partial charge in [-0.15, -0.1) is 0 Å². The largest absolute Gasteiger partial charge is 0.444 e. The fourth-order valence-corrected chi connectivity index (χ4v) is 2.50. The quantitative estimate of drug-likeness (QED) is 0.654. The zero-order valence-electron chi connectivity index (χ0n) is 15.7. The van der Waals surface area contributed by atoms with Gasteiger partial charge in [-0.2, -0.15) is 0 Å². The third-order valence-electron chi connectivity index (χ3n) is 3.72. The Morgan fingerprint density at radius 3 is 2.52 bits per heavy atom. The number of carbonyl (C=O) groups excluding carboxylic acids is 1. The van der Waals surface area contributed by atoms with Gasteiger partial charge in [0.05, 0.1) is 13.2 Å². The molecule has 1 N–H and O–H groups in total. The van der Waals surface area contributed by atoms with E-state index in [2.05, 4.69) is 17.1 Å². The summed E-state index contributed by atoms with van der Waals surface area (Å²) < 4.78 is 10.9. The molecule has 23 heavy (non-hydrogen) atoms. The molecular formula is C17H35N3O3. The fourth-order valence-electron chi connectivity index (χ4n) is 2.50. The number of amides is 1. The van der Waals surface area contributed by atoms with Crippen molar-refractivity contribution in [2.45, 2.75) is 45.8 Å². The molecule has 0 radical (unpaired) electrons. The van der Waals surface area contributed by atoms with E-state index in [0.717, 1.165) is 45.8 Å². The van der Waals surface area contributed by atoms with Crippen LogP contribution < -0.4 is 5.32 Å². The number of likely N-dealkylation sites (tertiary alicyclic amines) is 1. The maximum Gasteiger partial charge on any atom is 0.410 e. The molecule has 1 amide bonds. The van der Waals surface area contributed by atoms with E-state index < -0.39 is 5.60 Å². The second-order valence-corrected chi connectivity index (χ2v) is 7.76. The van der Waals surface area contributed by atoms with E-state index in [1.54, 1.807) is 4.90 Å². The first-order valence-corrected chi connectivity index (χ1v) is 8.61. The molecule has 0 bridgehead atoms. The number of ether oxygens (including phenoxy) is 2. The topological polar surface area (TPSA) is 54.0 Å². The summed E-state index contributed by atoms with van der Waals surface area (Å²) in [5.74, 6) is 0.569. The van der Waals surface area contributed by atoms with Gasteiger partial charge < -0.3 is 24.6 Å². The smallest absolute Gasteiger partial charge is 0.410 e. The predicted molar refractivity (Wildman–Crippen MR) is 92.8 cm³/mol. The van der Waals surface area contributed by atoms with Gasteiger partial charge in [-0.25, -0.2) is 4.79 Å². The number of nitrogens with one attached hydrogen (secondary N) is 1. The van der Waals surface area contributed by atoms with Crippen LogP contribution in [-0.4, -0.2) is 81.0 Å². The molecule has 0 spiro atoms. The highest BCUT2D eigenvalue weighted by atomic mass is 16.6. The SMILES string of the molecule is CC(CC1CN(C(=O)OC(C)(C)C)C1)NCCOCCN(C)C. The average Bonchev–Trinajstić information content (AvgIpc) is 2.34. The molecule has 6 heteroatoms. The van der Waals surface area contributed by atoms with Crippen LogP contribution in [0.4, 0.5) is 4.79 Å². The van der Waals surface area contributed by atoms with Gasteiger partial charge in [0.25, 0.3) is 0 Å². The standard InChI is InChI=1S/C17H35N3O3/c1-14(18-7-9-22-10-8-19(5)6)11-15-12-20(13-15)16(21)23-17(2,3)4/h14-15,18H,7-13H2,1-6H3. The van der Waals surface area contributed by atoms with Gasteiger partial charge in [-0.05, 0) is 54.1 Å². The lowest BCUT2D eigenvalue weighted by atomic mass is 9.93. The first-order valence-electron chi connectivity index (χ1n) is 8.61. The maximum absolute atomic E-state index is 11.9. The van der Waals surface area contributed by atoms with Gasteiger partial charge in [-0.1, -0.05) is 0 Å². The van der Waals surface area contributed by atoms with E-state index in [-0.39, 0.29) is 6.09 Å². The van der Waals surface area contributed by atoms with Crippen LogP contribution >= 0.6 is 0 Å². The molecule has 1 rings (SSSR count). The molecule has 6 nitrogen and oxygen atoms in total.